The van der Waals surface area contributed by atoms with Crippen molar-refractivity contribution >= 4 is 28.3 Å². The van der Waals surface area contributed by atoms with Crippen LogP contribution in [0.15, 0.2) is 66.7 Å². The molecule has 0 unspecified atom stereocenters. The van der Waals surface area contributed by atoms with Crippen LogP contribution in [0.2, 0.25) is 5.02 Å². The number of carbonyl (C=O) groups excluding carboxylic acids is 1. The largest absolute Gasteiger partial charge is 0.481 e. The predicted octanol–water partition coefficient (Wildman–Crippen LogP) is 4.97. The highest BCUT2D eigenvalue weighted by Gasteiger charge is 2.18. The number of nitrogens with one attached hydrogen (secondary N) is 1. The summed E-state index contributed by atoms with van der Waals surface area (Å²) in [5.41, 5.74) is 1.09. The average Bonchev–Trinajstić information content (AvgIpc) is 2.64. The summed E-state index contributed by atoms with van der Waals surface area (Å²) < 4.78 is 5.79. The molecule has 3 aromatic carbocycles. The Kier molecular flexibility index (Phi) is 5.56. The van der Waals surface area contributed by atoms with E-state index in [-0.39, 0.29) is 5.91 Å². The molecule has 3 rings (SSSR count). The van der Waals surface area contributed by atoms with Crippen LogP contribution in [0.25, 0.3) is 10.8 Å². The van der Waals surface area contributed by atoms with Crippen LogP contribution in [-0.4, -0.2) is 12.0 Å². The smallest absolute Gasteiger partial charge is 0.261 e. The minimum Gasteiger partial charge on any atom is -0.481 e. The van der Waals surface area contributed by atoms with Gasteiger partial charge in [-0.3, -0.25) is 4.79 Å². The van der Waals surface area contributed by atoms with E-state index in [0.717, 1.165) is 16.3 Å². The molecule has 1 atom stereocenters. The lowest BCUT2D eigenvalue weighted by molar-refractivity contribution is -0.128. The summed E-state index contributed by atoms with van der Waals surface area (Å²) in [6.45, 7) is 2.39. The van der Waals surface area contributed by atoms with Gasteiger partial charge in [0.1, 0.15) is 5.75 Å². The monoisotopic (exact) mass is 353 g/mol. The fourth-order valence-corrected chi connectivity index (χ4v) is 2.95. The zero-order chi connectivity index (χ0) is 17.6. The van der Waals surface area contributed by atoms with E-state index in [2.05, 4.69) is 23.5 Å². The molecule has 0 aliphatic heterocycles. The molecule has 0 bridgehead atoms. The number of hydrogen-bond acceptors (Lipinski definition) is 2. The molecule has 3 nitrogen and oxygen atoms in total. The average molecular weight is 354 g/mol. The molecule has 4 heteroatoms. The number of ether oxygens (including phenoxy) is 1. The molecule has 0 saturated heterocycles. The lowest BCUT2D eigenvalue weighted by atomic mass is 10.0. The topological polar surface area (TPSA) is 38.3 Å². The fraction of sp³-hybridized carbons (Fsp3) is 0.190. The van der Waals surface area contributed by atoms with Crippen LogP contribution < -0.4 is 10.1 Å². The van der Waals surface area contributed by atoms with Crippen molar-refractivity contribution in [1.82, 2.24) is 5.32 Å². The van der Waals surface area contributed by atoms with Gasteiger partial charge in [0.2, 0.25) is 0 Å². The van der Waals surface area contributed by atoms with Gasteiger partial charge in [0.05, 0.1) is 0 Å². The van der Waals surface area contributed by atoms with Gasteiger partial charge < -0.3 is 10.1 Å². The van der Waals surface area contributed by atoms with Gasteiger partial charge in [-0.1, -0.05) is 67.1 Å². The maximum atomic E-state index is 12.5. The number of carbonyl (C=O) groups is 1. The van der Waals surface area contributed by atoms with E-state index in [1.54, 1.807) is 24.3 Å². The zero-order valence-electron chi connectivity index (χ0n) is 14.0. The summed E-state index contributed by atoms with van der Waals surface area (Å²) in [5.74, 6) is 0.468. The molecule has 0 aliphatic rings. The maximum absolute atomic E-state index is 12.5. The highest BCUT2D eigenvalue weighted by molar-refractivity contribution is 6.30. The Hall–Kier alpha value is -2.52. The van der Waals surface area contributed by atoms with Crippen LogP contribution in [0.3, 0.4) is 0 Å². The van der Waals surface area contributed by atoms with Gasteiger partial charge in [0, 0.05) is 11.6 Å². The highest BCUT2D eigenvalue weighted by atomic mass is 35.5. The highest BCUT2D eigenvalue weighted by Crippen LogP contribution is 2.20. The molecule has 0 spiro atoms. The Morgan fingerprint density at radius 3 is 2.64 bits per heavy atom. The number of hydrogen-bond donors (Lipinski definition) is 1. The third kappa shape index (κ3) is 4.31. The van der Waals surface area contributed by atoms with Crippen LogP contribution in [-0.2, 0) is 11.3 Å². The van der Waals surface area contributed by atoms with Crippen molar-refractivity contribution in [2.75, 3.05) is 0 Å². The first-order valence-electron chi connectivity index (χ1n) is 8.34. The quantitative estimate of drug-likeness (QED) is 0.679. The maximum Gasteiger partial charge on any atom is 0.261 e. The van der Waals surface area contributed by atoms with Gasteiger partial charge in [-0.2, -0.15) is 0 Å². The zero-order valence-corrected chi connectivity index (χ0v) is 14.8. The van der Waals surface area contributed by atoms with Crippen molar-refractivity contribution in [2.45, 2.75) is 26.0 Å². The van der Waals surface area contributed by atoms with Crippen LogP contribution in [0, 0.1) is 0 Å². The molecule has 0 aliphatic carbocycles. The Labute approximate surface area is 152 Å². The molecule has 0 saturated carbocycles. The number of fused-ring (bicyclic) bond motifs is 1. The van der Waals surface area contributed by atoms with Gasteiger partial charge in [0.15, 0.2) is 6.10 Å². The molecule has 0 radical (unpaired) electrons. The first-order valence-corrected chi connectivity index (χ1v) is 8.71. The summed E-state index contributed by atoms with van der Waals surface area (Å²) in [5, 5.41) is 5.88. The minimum atomic E-state index is -0.548. The van der Waals surface area contributed by atoms with Crippen molar-refractivity contribution in [2.24, 2.45) is 0 Å². The van der Waals surface area contributed by atoms with Gasteiger partial charge in [0.25, 0.3) is 5.91 Å². The van der Waals surface area contributed by atoms with E-state index < -0.39 is 6.10 Å². The summed E-state index contributed by atoms with van der Waals surface area (Å²) >= 11 is 5.97. The summed E-state index contributed by atoms with van der Waals surface area (Å²) in [6.07, 6.45) is 0.0295. The fourth-order valence-electron chi connectivity index (χ4n) is 2.77. The second kappa shape index (κ2) is 8.04. The molecular formula is C21H20ClNO2. The van der Waals surface area contributed by atoms with Crippen molar-refractivity contribution in [3.8, 4) is 5.75 Å². The SMILES string of the molecule is CC[C@H](Oc1cccc(Cl)c1)C(=O)NCc1cccc2ccccc12. The Morgan fingerprint density at radius 1 is 1.08 bits per heavy atom. The van der Waals surface area contributed by atoms with Gasteiger partial charge in [-0.05, 0) is 41.0 Å². The van der Waals surface area contributed by atoms with Crippen molar-refractivity contribution in [1.29, 1.82) is 0 Å². The molecule has 1 N–H and O–H groups in total. The van der Waals surface area contributed by atoms with Crippen molar-refractivity contribution < 1.29 is 9.53 Å². The van der Waals surface area contributed by atoms with Gasteiger partial charge in [-0.15, -0.1) is 0 Å². The first-order chi connectivity index (χ1) is 12.2. The summed E-state index contributed by atoms with van der Waals surface area (Å²) in [4.78, 5) is 12.5. The Balaban J connectivity index is 1.68. The van der Waals surface area contributed by atoms with E-state index in [0.29, 0.717) is 23.7 Å². The minimum absolute atomic E-state index is 0.129. The molecule has 128 valence electrons. The number of benzene rings is 3. The van der Waals surface area contributed by atoms with E-state index in [9.17, 15) is 4.79 Å². The van der Waals surface area contributed by atoms with Crippen LogP contribution in [0.5, 0.6) is 5.75 Å². The molecule has 0 fully saturated rings. The van der Waals surface area contributed by atoms with E-state index >= 15 is 0 Å². The van der Waals surface area contributed by atoms with E-state index in [1.165, 1.54) is 0 Å². The number of amides is 1. The van der Waals surface area contributed by atoms with Crippen LogP contribution in [0.1, 0.15) is 18.9 Å². The Bertz CT molecular complexity index is 873. The third-order valence-corrected chi connectivity index (χ3v) is 4.31. The number of rotatable bonds is 6. The summed E-state index contributed by atoms with van der Waals surface area (Å²) in [6, 6.07) is 21.3. The first kappa shape index (κ1) is 17.3. The molecule has 25 heavy (non-hydrogen) atoms. The second-order valence-corrected chi connectivity index (χ2v) is 6.26. The molecule has 0 heterocycles. The van der Waals surface area contributed by atoms with Gasteiger partial charge >= 0.3 is 0 Å². The van der Waals surface area contributed by atoms with E-state index in [4.69, 9.17) is 16.3 Å². The standard InChI is InChI=1S/C21H20ClNO2/c1-2-20(25-18-11-6-10-17(22)13-18)21(24)23-14-16-9-5-8-15-7-3-4-12-19(15)16/h3-13,20H,2,14H2,1H3,(H,23,24)/t20-/m0/s1. The molecule has 0 aromatic heterocycles. The Morgan fingerprint density at radius 2 is 1.84 bits per heavy atom. The lowest BCUT2D eigenvalue weighted by Gasteiger charge is -2.18. The van der Waals surface area contributed by atoms with Crippen molar-refractivity contribution in [3.05, 3.63) is 77.3 Å². The second-order valence-electron chi connectivity index (χ2n) is 5.83. The van der Waals surface area contributed by atoms with Crippen LogP contribution in [0.4, 0.5) is 0 Å². The third-order valence-electron chi connectivity index (χ3n) is 4.07. The van der Waals surface area contributed by atoms with Gasteiger partial charge in [-0.25, -0.2) is 0 Å². The summed E-state index contributed by atoms with van der Waals surface area (Å²) in [7, 11) is 0. The molecule has 1 amide bonds. The molecular weight excluding hydrogens is 334 g/mol. The van der Waals surface area contributed by atoms with Crippen molar-refractivity contribution in [3.63, 3.8) is 0 Å². The molecule has 3 aromatic rings. The number of halogens is 1. The van der Waals surface area contributed by atoms with E-state index in [1.807, 2.05) is 31.2 Å². The predicted molar refractivity (Wildman–Crippen MR) is 102 cm³/mol. The van der Waals surface area contributed by atoms with Crippen LogP contribution >= 0.6 is 11.6 Å². The normalized spacial score (nSPS) is 11.9. The lowest BCUT2D eigenvalue weighted by Crippen LogP contribution is -2.37.